The van der Waals surface area contributed by atoms with Gasteiger partial charge >= 0.3 is 0 Å². The van der Waals surface area contributed by atoms with E-state index < -0.39 is 5.41 Å². The maximum Gasteiger partial charge on any atom is 0.247 e. The second-order valence-corrected chi connectivity index (χ2v) is 5.86. The van der Waals surface area contributed by atoms with Crippen molar-refractivity contribution in [1.29, 1.82) is 0 Å². The predicted octanol–water partition coefficient (Wildman–Crippen LogP) is 1.35. The van der Waals surface area contributed by atoms with E-state index in [1.807, 2.05) is 0 Å². The van der Waals surface area contributed by atoms with Gasteiger partial charge in [0.15, 0.2) is 0 Å². The summed E-state index contributed by atoms with van der Waals surface area (Å²) >= 11 is 5.00. The molecule has 2 fully saturated rings. The van der Waals surface area contributed by atoms with E-state index in [9.17, 15) is 4.79 Å². The molecule has 1 heterocycles. The number of nitrogens with one attached hydrogen (secondary N) is 1. The fourth-order valence-corrected chi connectivity index (χ4v) is 2.87. The molecule has 96 valence electrons. The Labute approximate surface area is 108 Å². The van der Waals surface area contributed by atoms with Crippen molar-refractivity contribution in [2.45, 2.75) is 58.0 Å². The minimum Gasteiger partial charge on any atom is -0.392 e. The smallest absolute Gasteiger partial charge is 0.247 e. The molecule has 0 spiro atoms. The van der Waals surface area contributed by atoms with Gasteiger partial charge in [0.2, 0.25) is 5.91 Å². The van der Waals surface area contributed by atoms with Crippen LogP contribution in [-0.2, 0) is 4.79 Å². The van der Waals surface area contributed by atoms with Crippen LogP contribution >= 0.6 is 12.2 Å². The van der Waals surface area contributed by atoms with E-state index in [0.717, 1.165) is 25.7 Å². The van der Waals surface area contributed by atoms with E-state index in [4.69, 9.17) is 18.0 Å². The van der Waals surface area contributed by atoms with E-state index in [1.165, 1.54) is 6.42 Å². The van der Waals surface area contributed by atoms with Gasteiger partial charge in [0.1, 0.15) is 5.41 Å². The molecule has 2 unspecified atom stereocenters. The van der Waals surface area contributed by atoms with E-state index >= 15 is 0 Å². The number of carbonyl (C=O) groups is 1. The second kappa shape index (κ2) is 4.53. The SMILES string of the molecule is CC1CCCC(C)N1NC(=O)C1(C(N)=S)CC1. The average Bonchev–Trinajstić information content (AvgIpc) is 3.04. The molecule has 3 N–H and O–H groups in total. The van der Waals surface area contributed by atoms with Gasteiger partial charge in [0, 0.05) is 12.1 Å². The summed E-state index contributed by atoms with van der Waals surface area (Å²) in [4.78, 5) is 12.5. The summed E-state index contributed by atoms with van der Waals surface area (Å²) in [7, 11) is 0. The molecule has 1 aliphatic heterocycles. The van der Waals surface area contributed by atoms with Crippen LogP contribution < -0.4 is 11.2 Å². The topological polar surface area (TPSA) is 58.4 Å². The normalized spacial score (nSPS) is 31.9. The van der Waals surface area contributed by atoms with Crippen LogP contribution in [0.25, 0.3) is 0 Å². The zero-order valence-corrected chi connectivity index (χ0v) is 11.3. The Morgan fingerprint density at radius 3 is 2.29 bits per heavy atom. The van der Waals surface area contributed by atoms with Gasteiger partial charge in [-0.1, -0.05) is 18.6 Å². The molecule has 5 heteroatoms. The molecule has 2 rings (SSSR count). The van der Waals surface area contributed by atoms with Crippen molar-refractivity contribution in [3.8, 4) is 0 Å². The van der Waals surface area contributed by atoms with Gasteiger partial charge in [-0.3, -0.25) is 10.2 Å². The summed E-state index contributed by atoms with van der Waals surface area (Å²) in [6.45, 7) is 4.30. The van der Waals surface area contributed by atoms with E-state index in [2.05, 4.69) is 24.3 Å². The molecule has 0 aromatic heterocycles. The Balaban J connectivity index is 2.00. The fourth-order valence-electron chi connectivity index (χ4n) is 2.58. The van der Waals surface area contributed by atoms with Gasteiger partial charge in [-0.2, -0.15) is 0 Å². The number of piperidine rings is 1. The molecule has 1 saturated heterocycles. The third-order valence-electron chi connectivity index (χ3n) is 4.08. The largest absolute Gasteiger partial charge is 0.392 e. The van der Waals surface area contributed by atoms with Crippen molar-refractivity contribution < 1.29 is 4.79 Å². The van der Waals surface area contributed by atoms with Crippen LogP contribution in [0.15, 0.2) is 0 Å². The molecule has 1 amide bonds. The molecular formula is C12H21N3OS. The Hall–Kier alpha value is -0.680. The van der Waals surface area contributed by atoms with Gasteiger partial charge in [0.25, 0.3) is 0 Å². The van der Waals surface area contributed by atoms with E-state index in [1.54, 1.807) is 0 Å². The third kappa shape index (κ3) is 2.31. The molecule has 0 radical (unpaired) electrons. The highest BCUT2D eigenvalue weighted by Crippen LogP contribution is 2.46. The molecular weight excluding hydrogens is 234 g/mol. The molecule has 2 aliphatic rings. The number of nitrogens with two attached hydrogens (primary N) is 1. The Morgan fingerprint density at radius 2 is 1.88 bits per heavy atom. The maximum absolute atomic E-state index is 12.2. The highest BCUT2D eigenvalue weighted by molar-refractivity contribution is 7.80. The number of amides is 1. The Bertz CT molecular complexity index is 331. The number of carbonyl (C=O) groups excluding carboxylic acids is 1. The van der Waals surface area contributed by atoms with Gasteiger partial charge in [-0.25, -0.2) is 5.01 Å². The summed E-state index contributed by atoms with van der Waals surface area (Å²) < 4.78 is 0. The molecule has 2 atom stereocenters. The maximum atomic E-state index is 12.2. The number of hydrogen-bond acceptors (Lipinski definition) is 3. The predicted molar refractivity (Wildman–Crippen MR) is 71.2 cm³/mol. The van der Waals surface area contributed by atoms with Crippen LogP contribution in [0.5, 0.6) is 0 Å². The summed E-state index contributed by atoms with van der Waals surface area (Å²) in [5, 5.41) is 2.07. The second-order valence-electron chi connectivity index (χ2n) is 5.42. The summed E-state index contributed by atoms with van der Waals surface area (Å²) in [5.41, 5.74) is 8.14. The molecule has 0 aromatic carbocycles. The lowest BCUT2D eigenvalue weighted by Crippen LogP contribution is -2.56. The van der Waals surface area contributed by atoms with Crippen LogP contribution in [-0.4, -0.2) is 28.0 Å². The van der Waals surface area contributed by atoms with Crippen LogP contribution in [0.1, 0.15) is 46.0 Å². The van der Waals surface area contributed by atoms with Crippen LogP contribution in [0.2, 0.25) is 0 Å². The van der Waals surface area contributed by atoms with Crippen molar-refractivity contribution in [3.05, 3.63) is 0 Å². The Morgan fingerprint density at radius 1 is 1.35 bits per heavy atom. The monoisotopic (exact) mass is 255 g/mol. The van der Waals surface area contributed by atoms with Crippen molar-refractivity contribution in [2.75, 3.05) is 0 Å². The van der Waals surface area contributed by atoms with Gasteiger partial charge in [-0.15, -0.1) is 0 Å². The average molecular weight is 255 g/mol. The first-order valence-electron chi connectivity index (χ1n) is 6.37. The first kappa shape index (κ1) is 12.8. The number of hydrogen-bond donors (Lipinski definition) is 2. The lowest BCUT2D eigenvalue weighted by molar-refractivity contribution is -0.132. The molecule has 17 heavy (non-hydrogen) atoms. The van der Waals surface area contributed by atoms with Gasteiger partial charge < -0.3 is 5.73 Å². The lowest BCUT2D eigenvalue weighted by Gasteiger charge is -2.39. The van der Waals surface area contributed by atoms with Crippen molar-refractivity contribution >= 4 is 23.1 Å². The number of nitrogens with zero attached hydrogens (tertiary/aromatic N) is 1. The zero-order chi connectivity index (χ0) is 12.6. The summed E-state index contributed by atoms with van der Waals surface area (Å²) in [6.07, 6.45) is 5.08. The Kier molecular flexibility index (Phi) is 3.41. The van der Waals surface area contributed by atoms with Gasteiger partial charge in [-0.05, 0) is 39.5 Å². The van der Waals surface area contributed by atoms with E-state index in [0.29, 0.717) is 17.1 Å². The highest BCUT2D eigenvalue weighted by atomic mass is 32.1. The molecule has 0 bridgehead atoms. The molecule has 0 aromatic rings. The fraction of sp³-hybridized carbons (Fsp3) is 0.833. The number of thiocarbonyl (C=S) groups is 1. The van der Waals surface area contributed by atoms with Gasteiger partial charge in [0.05, 0.1) is 4.99 Å². The summed E-state index contributed by atoms with van der Waals surface area (Å²) in [6, 6.07) is 0.787. The van der Waals surface area contributed by atoms with Crippen LogP contribution in [0.4, 0.5) is 0 Å². The minimum atomic E-state index is -0.549. The lowest BCUT2D eigenvalue weighted by atomic mass is 9.99. The summed E-state index contributed by atoms with van der Waals surface area (Å²) in [5.74, 6) is -0.00870. The third-order valence-corrected chi connectivity index (χ3v) is 4.47. The zero-order valence-electron chi connectivity index (χ0n) is 10.5. The molecule has 1 aliphatic carbocycles. The standard InChI is InChI=1S/C12H21N3OS/c1-8-4-3-5-9(2)15(8)14-11(16)12(6-7-12)10(13)17/h8-9H,3-7H2,1-2H3,(H2,13,17)(H,14,16). The number of rotatable bonds is 3. The minimum absolute atomic E-state index is 0.00870. The number of hydrazine groups is 1. The van der Waals surface area contributed by atoms with Crippen molar-refractivity contribution in [1.82, 2.24) is 10.4 Å². The van der Waals surface area contributed by atoms with Crippen molar-refractivity contribution in [3.63, 3.8) is 0 Å². The molecule has 1 saturated carbocycles. The van der Waals surface area contributed by atoms with Crippen LogP contribution in [0.3, 0.4) is 0 Å². The van der Waals surface area contributed by atoms with E-state index in [-0.39, 0.29) is 5.91 Å². The first-order chi connectivity index (χ1) is 7.97. The molecule has 4 nitrogen and oxygen atoms in total. The first-order valence-corrected chi connectivity index (χ1v) is 6.77. The highest BCUT2D eigenvalue weighted by Gasteiger charge is 2.53. The quantitative estimate of drug-likeness (QED) is 0.747. The van der Waals surface area contributed by atoms with Crippen molar-refractivity contribution in [2.24, 2.45) is 11.1 Å². The van der Waals surface area contributed by atoms with Crippen LogP contribution in [0, 0.1) is 5.41 Å².